The maximum Gasteiger partial charge on any atom is 0.127 e. The van der Waals surface area contributed by atoms with E-state index in [9.17, 15) is 4.39 Å². The van der Waals surface area contributed by atoms with E-state index in [1.54, 1.807) is 6.07 Å². The molecule has 1 saturated carbocycles. The molecule has 1 aliphatic rings. The van der Waals surface area contributed by atoms with Crippen molar-refractivity contribution in [3.8, 4) is 0 Å². The van der Waals surface area contributed by atoms with E-state index >= 15 is 0 Å². The summed E-state index contributed by atoms with van der Waals surface area (Å²) in [6.45, 7) is 0.563. The van der Waals surface area contributed by atoms with Gasteiger partial charge in [-0.1, -0.05) is 31.0 Å². The maximum absolute atomic E-state index is 13.6. The molecule has 1 fully saturated rings. The minimum absolute atomic E-state index is 0. The van der Waals surface area contributed by atoms with Gasteiger partial charge in [-0.3, -0.25) is 0 Å². The van der Waals surface area contributed by atoms with E-state index in [-0.39, 0.29) is 23.6 Å². The zero-order chi connectivity index (χ0) is 10.0. The molecule has 1 aromatic carbocycles. The van der Waals surface area contributed by atoms with Gasteiger partial charge in [0.2, 0.25) is 0 Å². The van der Waals surface area contributed by atoms with E-state index in [1.165, 1.54) is 18.9 Å². The Hall–Kier alpha value is -0.600. The molecule has 15 heavy (non-hydrogen) atoms. The standard InChI is InChI=1S/C12H16FN.ClH/c13-11-6-2-1-5-10(11)12(9-14)7-3-4-8-12;/h1-2,5-6H,3-4,7-9,14H2;1H. The smallest absolute Gasteiger partial charge is 0.127 e. The van der Waals surface area contributed by atoms with Crippen LogP contribution in [0.2, 0.25) is 0 Å². The van der Waals surface area contributed by atoms with Gasteiger partial charge in [0.25, 0.3) is 0 Å². The van der Waals surface area contributed by atoms with Crippen LogP contribution >= 0.6 is 12.4 Å². The zero-order valence-corrected chi connectivity index (χ0v) is 9.52. The number of nitrogens with two attached hydrogens (primary N) is 1. The summed E-state index contributed by atoms with van der Waals surface area (Å²) in [4.78, 5) is 0. The van der Waals surface area contributed by atoms with Crippen molar-refractivity contribution in [2.45, 2.75) is 31.1 Å². The van der Waals surface area contributed by atoms with Crippen molar-refractivity contribution in [1.29, 1.82) is 0 Å². The number of hydrogen-bond donors (Lipinski definition) is 1. The molecule has 0 amide bonds. The highest BCUT2D eigenvalue weighted by Crippen LogP contribution is 2.41. The molecule has 0 heterocycles. The maximum atomic E-state index is 13.6. The molecule has 0 unspecified atom stereocenters. The van der Waals surface area contributed by atoms with Crippen molar-refractivity contribution in [3.05, 3.63) is 35.6 Å². The Morgan fingerprint density at radius 2 is 1.80 bits per heavy atom. The van der Waals surface area contributed by atoms with Gasteiger partial charge in [0.15, 0.2) is 0 Å². The summed E-state index contributed by atoms with van der Waals surface area (Å²) in [6, 6.07) is 7.05. The number of hydrogen-bond acceptors (Lipinski definition) is 1. The normalized spacial score (nSPS) is 18.5. The Morgan fingerprint density at radius 1 is 1.20 bits per heavy atom. The molecule has 0 saturated heterocycles. The summed E-state index contributed by atoms with van der Waals surface area (Å²) in [5, 5.41) is 0. The van der Waals surface area contributed by atoms with Crippen molar-refractivity contribution in [2.75, 3.05) is 6.54 Å². The Morgan fingerprint density at radius 3 is 2.33 bits per heavy atom. The first-order valence-corrected chi connectivity index (χ1v) is 5.24. The van der Waals surface area contributed by atoms with Crippen LogP contribution in [0.5, 0.6) is 0 Å². The molecule has 1 aromatic rings. The van der Waals surface area contributed by atoms with Crippen molar-refractivity contribution in [1.82, 2.24) is 0 Å². The first kappa shape index (κ1) is 12.5. The van der Waals surface area contributed by atoms with Gasteiger partial charge >= 0.3 is 0 Å². The molecule has 3 heteroatoms. The highest BCUT2D eigenvalue weighted by atomic mass is 35.5. The molecule has 2 N–H and O–H groups in total. The van der Waals surface area contributed by atoms with E-state index in [0.717, 1.165) is 18.4 Å². The predicted molar refractivity (Wildman–Crippen MR) is 62.8 cm³/mol. The highest BCUT2D eigenvalue weighted by molar-refractivity contribution is 5.85. The average Bonchev–Trinajstić information content (AvgIpc) is 2.68. The lowest BCUT2D eigenvalue weighted by Gasteiger charge is -2.28. The quantitative estimate of drug-likeness (QED) is 0.829. The van der Waals surface area contributed by atoms with Crippen molar-refractivity contribution < 1.29 is 4.39 Å². The minimum atomic E-state index is -0.0974. The topological polar surface area (TPSA) is 26.0 Å². The predicted octanol–water partition coefficient (Wildman–Crippen LogP) is 3.02. The third-order valence-corrected chi connectivity index (χ3v) is 3.40. The van der Waals surface area contributed by atoms with E-state index in [2.05, 4.69) is 0 Å². The van der Waals surface area contributed by atoms with Crippen LogP contribution in [0.4, 0.5) is 4.39 Å². The third kappa shape index (κ3) is 2.16. The molecule has 1 aliphatic carbocycles. The van der Waals surface area contributed by atoms with Gasteiger partial charge in [-0.2, -0.15) is 0 Å². The molecule has 84 valence electrons. The van der Waals surface area contributed by atoms with Gasteiger partial charge in [-0.15, -0.1) is 12.4 Å². The van der Waals surface area contributed by atoms with Gasteiger partial charge in [-0.25, -0.2) is 4.39 Å². The number of halogens is 2. The van der Waals surface area contributed by atoms with E-state index < -0.39 is 0 Å². The van der Waals surface area contributed by atoms with Crippen LogP contribution in [-0.4, -0.2) is 6.54 Å². The lowest BCUT2D eigenvalue weighted by molar-refractivity contribution is 0.427. The van der Waals surface area contributed by atoms with E-state index in [0.29, 0.717) is 6.54 Å². The summed E-state index contributed by atoms with van der Waals surface area (Å²) < 4.78 is 13.6. The van der Waals surface area contributed by atoms with Crippen LogP contribution in [0.1, 0.15) is 31.2 Å². The number of benzene rings is 1. The fourth-order valence-electron chi connectivity index (χ4n) is 2.53. The van der Waals surface area contributed by atoms with E-state index in [1.807, 2.05) is 12.1 Å². The molecule has 0 bridgehead atoms. The van der Waals surface area contributed by atoms with Gasteiger partial charge in [0, 0.05) is 12.0 Å². The Labute approximate surface area is 96.3 Å². The lowest BCUT2D eigenvalue weighted by Crippen LogP contribution is -2.32. The third-order valence-electron chi connectivity index (χ3n) is 3.40. The van der Waals surface area contributed by atoms with Crippen molar-refractivity contribution in [3.63, 3.8) is 0 Å². The molecule has 2 rings (SSSR count). The molecule has 0 aliphatic heterocycles. The first-order chi connectivity index (χ1) is 6.78. The molecule has 0 aromatic heterocycles. The average molecular weight is 230 g/mol. The van der Waals surface area contributed by atoms with Gasteiger partial charge < -0.3 is 5.73 Å². The fourth-order valence-corrected chi connectivity index (χ4v) is 2.53. The van der Waals surface area contributed by atoms with Crippen LogP contribution in [0, 0.1) is 5.82 Å². The fraction of sp³-hybridized carbons (Fsp3) is 0.500. The summed E-state index contributed by atoms with van der Waals surface area (Å²) in [7, 11) is 0. The summed E-state index contributed by atoms with van der Waals surface area (Å²) in [5.41, 5.74) is 6.54. The lowest BCUT2D eigenvalue weighted by atomic mass is 9.79. The largest absolute Gasteiger partial charge is 0.330 e. The van der Waals surface area contributed by atoms with Crippen LogP contribution in [0.25, 0.3) is 0 Å². The molecule has 0 radical (unpaired) electrons. The Bertz CT molecular complexity index is 321. The van der Waals surface area contributed by atoms with Crippen LogP contribution in [0.15, 0.2) is 24.3 Å². The molecular formula is C12H17ClFN. The highest BCUT2D eigenvalue weighted by Gasteiger charge is 2.35. The molecule has 0 atom stereocenters. The molecule has 1 nitrogen and oxygen atoms in total. The second kappa shape index (κ2) is 4.95. The molecule has 0 spiro atoms. The first-order valence-electron chi connectivity index (χ1n) is 5.24. The van der Waals surface area contributed by atoms with Gasteiger partial charge in [0.05, 0.1) is 0 Å². The summed E-state index contributed by atoms with van der Waals surface area (Å²) in [5.74, 6) is -0.0974. The van der Waals surface area contributed by atoms with Crippen LogP contribution in [0.3, 0.4) is 0 Å². The Balaban J connectivity index is 0.00000112. The molecular weight excluding hydrogens is 213 g/mol. The Kier molecular flexibility index (Phi) is 4.12. The van der Waals surface area contributed by atoms with Crippen molar-refractivity contribution >= 4 is 12.4 Å². The second-order valence-corrected chi connectivity index (χ2v) is 4.17. The minimum Gasteiger partial charge on any atom is -0.330 e. The van der Waals surface area contributed by atoms with Crippen LogP contribution < -0.4 is 5.73 Å². The summed E-state index contributed by atoms with van der Waals surface area (Å²) in [6.07, 6.45) is 4.41. The van der Waals surface area contributed by atoms with Crippen molar-refractivity contribution in [2.24, 2.45) is 5.73 Å². The van der Waals surface area contributed by atoms with E-state index in [4.69, 9.17) is 5.73 Å². The monoisotopic (exact) mass is 229 g/mol. The number of rotatable bonds is 2. The SMILES string of the molecule is Cl.NCC1(c2ccccc2F)CCCC1. The van der Waals surface area contributed by atoms with Gasteiger partial charge in [0.1, 0.15) is 5.82 Å². The second-order valence-electron chi connectivity index (χ2n) is 4.17. The van der Waals surface area contributed by atoms with Gasteiger partial charge in [-0.05, 0) is 24.5 Å². The zero-order valence-electron chi connectivity index (χ0n) is 8.71. The van der Waals surface area contributed by atoms with Crippen LogP contribution in [-0.2, 0) is 5.41 Å². The summed E-state index contributed by atoms with van der Waals surface area (Å²) >= 11 is 0.